The summed E-state index contributed by atoms with van der Waals surface area (Å²) in [5.41, 5.74) is 4.33. The lowest BCUT2D eigenvalue weighted by molar-refractivity contribution is -0.155. The Morgan fingerprint density at radius 3 is 2.45 bits per heavy atom. The van der Waals surface area contributed by atoms with Crippen LogP contribution in [0, 0.1) is 5.41 Å². The lowest BCUT2D eigenvalue weighted by atomic mass is 9.72. The van der Waals surface area contributed by atoms with Crippen molar-refractivity contribution in [1.29, 1.82) is 0 Å². The van der Waals surface area contributed by atoms with Gasteiger partial charge in [0.1, 0.15) is 5.54 Å². The molecule has 1 saturated carbocycles. The lowest BCUT2D eigenvalue weighted by Crippen LogP contribution is -2.67. The van der Waals surface area contributed by atoms with Crippen LogP contribution in [-0.4, -0.2) is 40.3 Å². The van der Waals surface area contributed by atoms with Gasteiger partial charge in [-0.25, -0.2) is 0 Å². The molecule has 0 bridgehead atoms. The van der Waals surface area contributed by atoms with Crippen LogP contribution >= 0.6 is 12.2 Å². The van der Waals surface area contributed by atoms with E-state index < -0.39 is 11.0 Å². The molecule has 2 rings (SSSR count). The second-order valence-corrected chi connectivity index (χ2v) is 6.72. The van der Waals surface area contributed by atoms with E-state index in [9.17, 15) is 9.59 Å². The number of nitrogens with zero attached hydrogens (tertiary/aromatic N) is 1. The highest BCUT2D eigenvalue weighted by Gasteiger charge is 2.50. The third kappa shape index (κ3) is 2.30. The van der Waals surface area contributed by atoms with Gasteiger partial charge in [0, 0.05) is 13.1 Å². The van der Waals surface area contributed by atoms with E-state index in [-0.39, 0.29) is 16.8 Å². The Balaban J connectivity index is 2.32. The fourth-order valence-electron chi connectivity index (χ4n) is 3.23. The summed E-state index contributed by atoms with van der Waals surface area (Å²) in [7, 11) is 0. The number of nitrogens with two attached hydrogens (primary N) is 1. The van der Waals surface area contributed by atoms with Crippen molar-refractivity contribution >= 4 is 29.0 Å². The molecule has 1 aliphatic heterocycles. The smallest absolute Gasteiger partial charge is 0.245 e. The molecular formula is C14H23N3O2S. The summed E-state index contributed by atoms with van der Waals surface area (Å²) in [6.45, 7) is 4.55. The summed E-state index contributed by atoms with van der Waals surface area (Å²) in [5, 5.41) is 2.80. The second-order valence-electron chi connectivity index (χ2n) is 6.28. The first-order valence-corrected chi connectivity index (χ1v) is 7.63. The zero-order chi connectivity index (χ0) is 15.0. The van der Waals surface area contributed by atoms with E-state index in [0.29, 0.717) is 25.9 Å². The maximum Gasteiger partial charge on any atom is 0.245 e. The molecule has 1 aliphatic carbocycles. The SMILES string of the molecule is CC1(C)C(=O)NCCN1C(=O)C1(C(N)=S)CCCCC1. The zero-order valence-electron chi connectivity index (χ0n) is 12.2. The molecule has 0 unspecified atom stereocenters. The minimum absolute atomic E-state index is 0.0652. The van der Waals surface area contributed by atoms with E-state index in [2.05, 4.69) is 5.32 Å². The van der Waals surface area contributed by atoms with Crippen molar-refractivity contribution in [1.82, 2.24) is 10.2 Å². The third-order valence-corrected chi connectivity index (χ3v) is 5.08. The maximum atomic E-state index is 13.1. The Hall–Kier alpha value is -1.17. The van der Waals surface area contributed by atoms with Crippen LogP contribution in [0.3, 0.4) is 0 Å². The van der Waals surface area contributed by atoms with Crippen LogP contribution in [0.1, 0.15) is 46.0 Å². The third-order valence-electron chi connectivity index (χ3n) is 4.68. The number of nitrogens with one attached hydrogen (secondary N) is 1. The Kier molecular flexibility index (Phi) is 4.04. The van der Waals surface area contributed by atoms with E-state index in [1.807, 2.05) is 0 Å². The summed E-state index contributed by atoms with van der Waals surface area (Å²) in [6, 6.07) is 0. The Morgan fingerprint density at radius 2 is 1.90 bits per heavy atom. The van der Waals surface area contributed by atoms with E-state index >= 15 is 0 Å². The fourth-order valence-corrected chi connectivity index (χ4v) is 3.53. The minimum Gasteiger partial charge on any atom is -0.392 e. The number of amides is 2. The fraction of sp³-hybridized carbons (Fsp3) is 0.786. The Morgan fingerprint density at radius 1 is 1.30 bits per heavy atom. The van der Waals surface area contributed by atoms with Gasteiger partial charge < -0.3 is 16.0 Å². The molecule has 20 heavy (non-hydrogen) atoms. The number of hydrogen-bond acceptors (Lipinski definition) is 3. The van der Waals surface area contributed by atoms with Gasteiger partial charge in [0.15, 0.2) is 0 Å². The molecule has 0 atom stereocenters. The van der Waals surface area contributed by atoms with Crippen LogP contribution in [0.25, 0.3) is 0 Å². The first-order chi connectivity index (χ1) is 9.32. The summed E-state index contributed by atoms with van der Waals surface area (Å²) in [4.78, 5) is 27.0. The number of hydrogen-bond donors (Lipinski definition) is 2. The topological polar surface area (TPSA) is 75.4 Å². The van der Waals surface area contributed by atoms with Crippen LogP contribution in [0.4, 0.5) is 0 Å². The van der Waals surface area contributed by atoms with Gasteiger partial charge in [-0.15, -0.1) is 0 Å². The van der Waals surface area contributed by atoms with Crippen molar-refractivity contribution in [3.05, 3.63) is 0 Å². The number of thiocarbonyl (C=S) groups is 1. The van der Waals surface area contributed by atoms with Crippen molar-refractivity contribution in [2.45, 2.75) is 51.5 Å². The summed E-state index contributed by atoms with van der Waals surface area (Å²) in [5.74, 6) is -0.185. The maximum absolute atomic E-state index is 13.1. The van der Waals surface area contributed by atoms with Gasteiger partial charge in [-0.2, -0.15) is 0 Å². The normalized spacial score (nSPS) is 24.9. The molecule has 2 amide bonds. The van der Waals surface area contributed by atoms with Gasteiger partial charge >= 0.3 is 0 Å². The van der Waals surface area contributed by atoms with E-state index in [1.165, 1.54) is 0 Å². The summed E-state index contributed by atoms with van der Waals surface area (Å²) in [6.07, 6.45) is 4.44. The molecule has 0 aromatic carbocycles. The summed E-state index contributed by atoms with van der Waals surface area (Å²) < 4.78 is 0. The van der Waals surface area contributed by atoms with Crippen LogP contribution in [0.5, 0.6) is 0 Å². The van der Waals surface area contributed by atoms with Gasteiger partial charge in [-0.1, -0.05) is 31.5 Å². The van der Waals surface area contributed by atoms with Crippen LogP contribution in [0.2, 0.25) is 0 Å². The van der Waals surface area contributed by atoms with Crippen molar-refractivity contribution in [3.63, 3.8) is 0 Å². The molecule has 2 aliphatic rings. The van der Waals surface area contributed by atoms with Gasteiger partial charge in [0.05, 0.1) is 10.4 Å². The average Bonchev–Trinajstić information content (AvgIpc) is 2.41. The Labute approximate surface area is 125 Å². The molecule has 1 heterocycles. The van der Waals surface area contributed by atoms with E-state index in [1.54, 1.807) is 18.7 Å². The highest BCUT2D eigenvalue weighted by Crippen LogP contribution is 2.40. The first-order valence-electron chi connectivity index (χ1n) is 7.23. The highest BCUT2D eigenvalue weighted by atomic mass is 32.1. The van der Waals surface area contributed by atoms with Crippen LogP contribution < -0.4 is 11.1 Å². The lowest BCUT2D eigenvalue weighted by Gasteiger charge is -2.47. The molecule has 0 aromatic rings. The van der Waals surface area contributed by atoms with Gasteiger partial charge in [0.2, 0.25) is 11.8 Å². The predicted molar refractivity (Wildman–Crippen MR) is 81.1 cm³/mol. The average molecular weight is 297 g/mol. The first kappa shape index (κ1) is 15.2. The number of rotatable bonds is 2. The van der Waals surface area contributed by atoms with Crippen molar-refractivity contribution in [3.8, 4) is 0 Å². The molecule has 0 spiro atoms. The molecule has 112 valence electrons. The zero-order valence-corrected chi connectivity index (χ0v) is 13.0. The quantitative estimate of drug-likeness (QED) is 0.745. The van der Waals surface area contributed by atoms with Crippen molar-refractivity contribution in [2.75, 3.05) is 13.1 Å². The van der Waals surface area contributed by atoms with Crippen LogP contribution in [0.15, 0.2) is 0 Å². The molecule has 2 fully saturated rings. The molecule has 5 nitrogen and oxygen atoms in total. The molecule has 3 N–H and O–H groups in total. The molecule has 1 saturated heterocycles. The molecular weight excluding hydrogens is 274 g/mol. The number of piperazine rings is 1. The van der Waals surface area contributed by atoms with Crippen molar-refractivity contribution in [2.24, 2.45) is 11.1 Å². The van der Waals surface area contributed by atoms with E-state index in [4.69, 9.17) is 18.0 Å². The molecule has 6 heteroatoms. The monoisotopic (exact) mass is 297 g/mol. The van der Waals surface area contributed by atoms with Gasteiger partial charge in [-0.05, 0) is 26.7 Å². The number of carbonyl (C=O) groups is 2. The largest absolute Gasteiger partial charge is 0.392 e. The van der Waals surface area contributed by atoms with Crippen molar-refractivity contribution < 1.29 is 9.59 Å². The van der Waals surface area contributed by atoms with E-state index in [0.717, 1.165) is 19.3 Å². The molecule has 0 aromatic heterocycles. The second kappa shape index (κ2) is 5.31. The van der Waals surface area contributed by atoms with Gasteiger partial charge in [-0.3, -0.25) is 9.59 Å². The molecule has 0 radical (unpaired) electrons. The van der Waals surface area contributed by atoms with Gasteiger partial charge in [0.25, 0.3) is 0 Å². The minimum atomic E-state index is -0.843. The predicted octanol–water partition coefficient (Wildman–Crippen LogP) is 0.960. The summed E-state index contributed by atoms with van der Waals surface area (Å²) >= 11 is 5.21. The standard InChI is InChI=1S/C14H23N3O2S/c1-13(2)11(18)16-8-9-17(13)12(19)14(10(15)20)6-4-3-5-7-14/h3-9H2,1-2H3,(H2,15,20)(H,16,18). The van der Waals surface area contributed by atoms with Crippen LogP contribution in [-0.2, 0) is 9.59 Å². The highest BCUT2D eigenvalue weighted by molar-refractivity contribution is 7.80. The Bertz CT molecular complexity index is 442. The number of carbonyl (C=O) groups excluding carboxylic acids is 2.